The average Bonchev–Trinajstić information content (AvgIpc) is 2.29. The van der Waals surface area contributed by atoms with Crippen molar-refractivity contribution in [2.75, 3.05) is 12.8 Å². The number of phenols is 1. The van der Waals surface area contributed by atoms with E-state index in [9.17, 15) is 14.3 Å². The summed E-state index contributed by atoms with van der Waals surface area (Å²) in [6.07, 6.45) is 0. The van der Waals surface area contributed by atoms with E-state index in [1.54, 1.807) is 0 Å². The summed E-state index contributed by atoms with van der Waals surface area (Å²) in [5.74, 6) is -2.75. The lowest BCUT2D eigenvalue weighted by atomic mass is 10.1. The van der Waals surface area contributed by atoms with Crippen molar-refractivity contribution in [3.8, 4) is 5.75 Å². The molecule has 0 radical (unpaired) electrons. The van der Waals surface area contributed by atoms with Crippen LogP contribution in [0.2, 0.25) is 5.02 Å². The van der Waals surface area contributed by atoms with Crippen LogP contribution in [0.15, 0.2) is 6.07 Å². The van der Waals surface area contributed by atoms with Crippen LogP contribution in [-0.2, 0) is 4.74 Å². The third kappa shape index (κ3) is 2.76. The molecule has 0 aliphatic heterocycles. The second-order valence-corrected chi connectivity index (χ2v) is 2.88. The molecule has 90 valence electrons. The van der Waals surface area contributed by atoms with Gasteiger partial charge in [0.15, 0.2) is 11.6 Å². The molecule has 0 fully saturated rings. The van der Waals surface area contributed by atoms with Crippen LogP contribution in [0, 0.1) is 5.82 Å². The van der Waals surface area contributed by atoms with Crippen molar-refractivity contribution in [3.05, 3.63) is 22.5 Å². The third-order valence-electron chi connectivity index (χ3n) is 1.61. The number of benzene rings is 1. The molecule has 0 saturated carbocycles. The molecule has 6 heteroatoms. The van der Waals surface area contributed by atoms with Crippen LogP contribution >= 0.6 is 11.6 Å². The van der Waals surface area contributed by atoms with Crippen molar-refractivity contribution in [1.29, 1.82) is 0 Å². The second-order valence-electron chi connectivity index (χ2n) is 2.48. The van der Waals surface area contributed by atoms with E-state index >= 15 is 0 Å². The number of methoxy groups -OCH3 is 1. The molecule has 1 rings (SSSR count). The number of nitrogens with two attached hydrogens (primary N) is 1. The lowest BCUT2D eigenvalue weighted by molar-refractivity contribution is 0.0592. The van der Waals surface area contributed by atoms with E-state index in [2.05, 4.69) is 4.74 Å². The Balaban J connectivity index is 0.00000106. The molecule has 0 amide bonds. The highest BCUT2D eigenvalue weighted by Crippen LogP contribution is 2.32. The molecule has 0 spiro atoms. The van der Waals surface area contributed by atoms with Gasteiger partial charge in [-0.15, -0.1) is 0 Å². The fraction of sp³-hybridized carbons (Fsp3) is 0.300. The van der Waals surface area contributed by atoms with Crippen molar-refractivity contribution >= 4 is 23.3 Å². The third-order valence-corrected chi connectivity index (χ3v) is 1.89. The molecule has 0 bridgehead atoms. The van der Waals surface area contributed by atoms with Crippen LogP contribution in [0.3, 0.4) is 0 Å². The quantitative estimate of drug-likeness (QED) is 0.456. The molecule has 0 saturated heterocycles. The van der Waals surface area contributed by atoms with Gasteiger partial charge in [0.1, 0.15) is 5.56 Å². The Labute approximate surface area is 97.8 Å². The van der Waals surface area contributed by atoms with E-state index in [-0.39, 0.29) is 10.7 Å². The summed E-state index contributed by atoms with van der Waals surface area (Å²) in [6.45, 7) is 4.00. The Hall–Kier alpha value is -1.49. The summed E-state index contributed by atoms with van der Waals surface area (Å²) in [5, 5.41) is 8.93. The molecule has 4 nitrogen and oxygen atoms in total. The Bertz CT molecular complexity index is 370. The van der Waals surface area contributed by atoms with Crippen molar-refractivity contribution < 1.29 is 19.0 Å². The summed E-state index contributed by atoms with van der Waals surface area (Å²) >= 11 is 5.42. The number of carbonyl (C=O) groups excluding carboxylic acids is 1. The van der Waals surface area contributed by atoms with Crippen molar-refractivity contribution in [2.24, 2.45) is 0 Å². The van der Waals surface area contributed by atoms with E-state index in [0.717, 1.165) is 13.2 Å². The topological polar surface area (TPSA) is 72.5 Å². The maximum absolute atomic E-state index is 13.2. The molecule has 0 aliphatic carbocycles. The van der Waals surface area contributed by atoms with Gasteiger partial charge < -0.3 is 15.6 Å². The first-order chi connectivity index (χ1) is 7.49. The smallest absolute Gasteiger partial charge is 0.344 e. The highest BCUT2D eigenvalue weighted by Gasteiger charge is 2.22. The summed E-state index contributed by atoms with van der Waals surface area (Å²) < 4.78 is 17.5. The molecule has 1 aromatic carbocycles. The first-order valence-electron chi connectivity index (χ1n) is 4.53. The lowest BCUT2D eigenvalue weighted by Gasteiger charge is -2.07. The van der Waals surface area contributed by atoms with E-state index in [1.165, 1.54) is 0 Å². The minimum Gasteiger partial charge on any atom is -0.505 e. The predicted molar refractivity (Wildman–Crippen MR) is 60.2 cm³/mol. The number of anilines is 1. The van der Waals surface area contributed by atoms with Gasteiger partial charge in [-0.1, -0.05) is 25.4 Å². The largest absolute Gasteiger partial charge is 0.505 e. The summed E-state index contributed by atoms with van der Waals surface area (Å²) in [5.41, 5.74) is 4.44. The van der Waals surface area contributed by atoms with Gasteiger partial charge in [0.05, 0.1) is 17.8 Å². The molecule has 0 unspecified atom stereocenters. The van der Waals surface area contributed by atoms with Crippen LogP contribution < -0.4 is 5.73 Å². The fourth-order valence-corrected chi connectivity index (χ4v) is 1.14. The number of aromatic hydroxyl groups is 1. The standard InChI is InChI=1S/C8H7ClFNO3.C2H6/c1-14-8(13)5-6(10)3(9)2-4(11)7(5)12;1-2/h2,12H,11H2,1H3;1-2H3. The normalized spacial score (nSPS) is 9.06. The Morgan fingerprint density at radius 3 is 2.50 bits per heavy atom. The van der Waals surface area contributed by atoms with E-state index in [0.29, 0.717) is 0 Å². The van der Waals surface area contributed by atoms with E-state index in [4.69, 9.17) is 17.3 Å². The predicted octanol–water partition coefficient (Wildman–Crippen LogP) is 2.58. The molecule has 3 N–H and O–H groups in total. The molecule has 16 heavy (non-hydrogen) atoms. The number of carbonyl (C=O) groups is 1. The summed E-state index contributed by atoms with van der Waals surface area (Å²) in [4.78, 5) is 11.0. The van der Waals surface area contributed by atoms with E-state index in [1.807, 2.05) is 13.8 Å². The molecule has 1 aromatic rings. The van der Waals surface area contributed by atoms with Crippen LogP contribution in [0.5, 0.6) is 5.75 Å². The van der Waals surface area contributed by atoms with Crippen LogP contribution in [0.4, 0.5) is 10.1 Å². The maximum Gasteiger partial charge on any atom is 0.344 e. The number of hydrogen-bond donors (Lipinski definition) is 2. The first kappa shape index (κ1) is 14.5. The van der Waals surface area contributed by atoms with E-state index < -0.39 is 23.1 Å². The number of halogens is 2. The monoisotopic (exact) mass is 249 g/mol. The van der Waals surface area contributed by atoms with Gasteiger partial charge in [0, 0.05) is 0 Å². The number of esters is 1. The fourth-order valence-electron chi connectivity index (χ4n) is 0.924. The molecule has 0 aromatic heterocycles. The molecular weight excluding hydrogens is 237 g/mol. The van der Waals surface area contributed by atoms with Crippen LogP contribution in [0.1, 0.15) is 24.2 Å². The lowest BCUT2D eigenvalue weighted by Crippen LogP contribution is -2.07. The van der Waals surface area contributed by atoms with Gasteiger partial charge >= 0.3 is 5.97 Å². The number of hydrogen-bond acceptors (Lipinski definition) is 4. The molecular formula is C10H13ClFNO3. The minimum absolute atomic E-state index is 0.184. The van der Waals surface area contributed by atoms with Gasteiger partial charge in [-0.05, 0) is 6.07 Å². The van der Waals surface area contributed by atoms with Gasteiger partial charge in [-0.2, -0.15) is 0 Å². The molecule has 0 heterocycles. The van der Waals surface area contributed by atoms with Gasteiger partial charge in [-0.25, -0.2) is 9.18 Å². The first-order valence-corrected chi connectivity index (χ1v) is 4.91. The average molecular weight is 250 g/mol. The van der Waals surface area contributed by atoms with Gasteiger partial charge in [0.2, 0.25) is 0 Å². The SMILES string of the molecule is CC.COC(=O)c1c(O)c(N)cc(Cl)c1F. The molecule has 0 aliphatic rings. The van der Waals surface area contributed by atoms with Crippen molar-refractivity contribution in [2.45, 2.75) is 13.8 Å². The molecule has 0 atom stereocenters. The number of nitrogen functional groups attached to an aromatic ring is 1. The zero-order valence-corrected chi connectivity index (χ0v) is 9.93. The zero-order valence-electron chi connectivity index (χ0n) is 9.17. The second kappa shape index (κ2) is 6.17. The van der Waals surface area contributed by atoms with Crippen LogP contribution in [-0.4, -0.2) is 18.2 Å². The summed E-state index contributed by atoms with van der Waals surface area (Å²) in [7, 11) is 1.05. The van der Waals surface area contributed by atoms with Gasteiger partial charge in [-0.3, -0.25) is 0 Å². The Morgan fingerprint density at radius 2 is 2.06 bits per heavy atom. The van der Waals surface area contributed by atoms with Crippen molar-refractivity contribution in [1.82, 2.24) is 0 Å². The Morgan fingerprint density at radius 1 is 1.56 bits per heavy atom. The van der Waals surface area contributed by atoms with Crippen LogP contribution in [0.25, 0.3) is 0 Å². The van der Waals surface area contributed by atoms with Gasteiger partial charge in [0.25, 0.3) is 0 Å². The van der Waals surface area contributed by atoms with Crippen molar-refractivity contribution in [3.63, 3.8) is 0 Å². The maximum atomic E-state index is 13.2. The zero-order chi connectivity index (χ0) is 12.9. The Kier molecular flexibility index (Phi) is 5.60. The minimum atomic E-state index is -1.05. The summed E-state index contributed by atoms with van der Waals surface area (Å²) in [6, 6.07) is 1.01. The number of rotatable bonds is 1. The number of phenolic OH excluding ortho intramolecular Hbond substituents is 1. The number of ether oxygens (including phenoxy) is 1. The highest BCUT2D eigenvalue weighted by molar-refractivity contribution is 6.31. The highest BCUT2D eigenvalue weighted by atomic mass is 35.5.